The van der Waals surface area contributed by atoms with Crippen LogP contribution in [0.3, 0.4) is 0 Å². The Morgan fingerprint density at radius 3 is 2.73 bits per heavy atom. The molecule has 0 bridgehead atoms. The van der Waals surface area contributed by atoms with Gasteiger partial charge in [-0.05, 0) is 29.8 Å². The number of hydrogen-bond donors (Lipinski definition) is 1. The maximum absolute atomic E-state index is 12.7. The van der Waals surface area contributed by atoms with E-state index in [1.54, 1.807) is 24.3 Å². The Morgan fingerprint density at radius 2 is 1.88 bits per heavy atom. The maximum Gasteiger partial charge on any atom is 0.254 e. The number of amides is 1. The van der Waals surface area contributed by atoms with Gasteiger partial charge < -0.3 is 9.88 Å². The molecule has 0 aliphatic carbocycles. The van der Waals surface area contributed by atoms with Gasteiger partial charge in [-0.2, -0.15) is 0 Å². The average molecular weight is 342 g/mol. The number of imidazole rings is 1. The van der Waals surface area contributed by atoms with Gasteiger partial charge in [-0.25, -0.2) is 4.98 Å². The fourth-order valence-corrected chi connectivity index (χ4v) is 2.93. The van der Waals surface area contributed by atoms with Gasteiger partial charge in [-0.3, -0.25) is 9.78 Å². The molecule has 26 heavy (non-hydrogen) atoms. The fraction of sp³-hybridized carbons (Fsp3) is 0.0952. The van der Waals surface area contributed by atoms with E-state index in [4.69, 9.17) is 0 Å². The summed E-state index contributed by atoms with van der Waals surface area (Å²) in [5.41, 5.74) is 3.54. The molecule has 5 nitrogen and oxygen atoms in total. The molecule has 1 amide bonds. The monoisotopic (exact) mass is 342 g/mol. The minimum Gasteiger partial charge on any atom is -0.341 e. The Hall–Kier alpha value is -3.47. The van der Waals surface area contributed by atoms with Gasteiger partial charge in [0, 0.05) is 24.2 Å². The second kappa shape index (κ2) is 6.80. The van der Waals surface area contributed by atoms with Gasteiger partial charge in [0.25, 0.3) is 5.91 Å². The Morgan fingerprint density at radius 1 is 1.04 bits per heavy atom. The molecule has 4 rings (SSSR count). The molecule has 2 heterocycles. The Kier molecular flexibility index (Phi) is 4.19. The molecule has 0 atom stereocenters. The molecule has 1 N–H and O–H groups in total. The summed E-state index contributed by atoms with van der Waals surface area (Å²) in [6.07, 6.45) is 3.54. The van der Waals surface area contributed by atoms with Crippen LogP contribution in [0.2, 0.25) is 0 Å². The Bertz CT molecular complexity index is 1060. The van der Waals surface area contributed by atoms with E-state index in [2.05, 4.69) is 15.0 Å². The predicted octanol–water partition coefficient (Wildman–Crippen LogP) is 3.90. The first-order chi connectivity index (χ1) is 12.7. The number of rotatable bonds is 4. The van der Waals surface area contributed by atoms with Crippen LogP contribution in [0.1, 0.15) is 16.2 Å². The van der Waals surface area contributed by atoms with Crippen molar-refractivity contribution in [2.75, 3.05) is 7.05 Å². The molecule has 0 unspecified atom stereocenters. The molecular weight excluding hydrogens is 324 g/mol. The highest BCUT2D eigenvalue weighted by molar-refractivity contribution is 5.97. The SMILES string of the molecule is CN(Cc1ncc(-c2ccccc2)[nH]1)C(=O)c1ccc2ncccc2c1. The summed E-state index contributed by atoms with van der Waals surface area (Å²) in [6.45, 7) is 0.413. The first kappa shape index (κ1) is 16.0. The molecule has 0 saturated heterocycles. The van der Waals surface area contributed by atoms with E-state index in [0.717, 1.165) is 28.0 Å². The van der Waals surface area contributed by atoms with Crippen LogP contribution in [0.4, 0.5) is 0 Å². The third-order valence-corrected chi connectivity index (χ3v) is 4.30. The van der Waals surface area contributed by atoms with E-state index in [9.17, 15) is 4.79 Å². The van der Waals surface area contributed by atoms with Gasteiger partial charge in [0.05, 0.1) is 24.0 Å². The summed E-state index contributed by atoms with van der Waals surface area (Å²) in [4.78, 5) is 26.4. The predicted molar refractivity (Wildman–Crippen MR) is 102 cm³/mol. The Balaban J connectivity index is 1.51. The zero-order valence-corrected chi connectivity index (χ0v) is 14.4. The van der Waals surface area contributed by atoms with Crippen molar-refractivity contribution in [3.05, 3.63) is 84.4 Å². The van der Waals surface area contributed by atoms with E-state index >= 15 is 0 Å². The number of hydrogen-bond acceptors (Lipinski definition) is 3. The molecule has 128 valence electrons. The summed E-state index contributed by atoms with van der Waals surface area (Å²) in [5.74, 6) is 0.704. The number of pyridine rings is 1. The standard InChI is InChI=1S/C21H18N4O/c1-25(14-20-23-13-19(24-20)15-6-3-2-4-7-15)21(26)17-9-10-18-16(12-17)8-5-11-22-18/h2-13H,14H2,1H3,(H,23,24). The molecule has 0 aliphatic rings. The molecule has 2 aromatic heterocycles. The van der Waals surface area contributed by atoms with E-state index in [1.807, 2.05) is 60.7 Å². The topological polar surface area (TPSA) is 61.9 Å². The number of nitrogens with one attached hydrogen (secondary N) is 1. The smallest absolute Gasteiger partial charge is 0.254 e. The van der Waals surface area contributed by atoms with Crippen molar-refractivity contribution >= 4 is 16.8 Å². The van der Waals surface area contributed by atoms with Crippen molar-refractivity contribution in [3.8, 4) is 11.3 Å². The van der Waals surface area contributed by atoms with Crippen LogP contribution in [0, 0.1) is 0 Å². The van der Waals surface area contributed by atoms with Gasteiger partial charge in [0.15, 0.2) is 0 Å². The van der Waals surface area contributed by atoms with Gasteiger partial charge >= 0.3 is 0 Å². The van der Waals surface area contributed by atoms with E-state index in [0.29, 0.717) is 12.1 Å². The van der Waals surface area contributed by atoms with Crippen molar-refractivity contribution in [2.45, 2.75) is 6.54 Å². The first-order valence-corrected chi connectivity index (χ1v) is 8.40. The van der Waals surface area contributed by atoms with Crippen molar-refractivity contribution in [2.24, 2.45) is 0 Å². The van der Waals surface area contributed by atoms with Crippen molar-refractivity contribution in [1.29, 1.82) is 0 Å². The molecule has 0 aliphatic heterocycles. The first-order valence-electron chi connectivity index (χ1n) is 8.40. The highest BCUT2D eigenvalue weighted by Gasteiger charge is 2.14. The molecule has 0 saturated carbocycles. The second-order valence-electron chi connectivity index (χ2n) is 6.18. The lowest BCUT2D eigenvalue weighted by Gasteiger charge is -2.16. The van der Waals surface area contributed by atoms with Crippen LogP contribution < -0.4 is 0 Å². The number of aromatic nitrogens is 3. The summed E-state index contributed by atoms with van der Waals surface area (Å²) in [7, 11) is 1.78. The zero-order valence-electron chi connectivity index (χ0n) is 14.4. The quantitative estimate of drug-likeness (QED) is 0.612. The van der Waals surface area contributed by atoms with Crippen molar-refractivity contribution < 1.29 is 4.79 Å². The third kappa shape index (κ3) is 3.19. The van der Waals surface area contributed by atoms with Gasteiger partial charge in [-0.1, -0.05) is 36.4 Å². The number of fused-ring (bicyclic) bond motifs is 1. The molecule has 0 radical (unpaired) electrons. The number of nitrogens with zero attached hydrogens (tertiary/aromatic N) is 3. The van der Waals surface area contributed by atoms with Crippen LogP contribution in [-0.2, 0) is 6.54 Å². The number of carbonyl (C=O) groups is 1. The fourth-order valence-electron chi connectivity index (χ4n) is 2.93. The van der Waals surface area contributed by atoms with Crippen molar-refractivity contribution in [1.82, 2.24) is 19.9 Å². The van der Waals surface area contributed by atoms with Gasteiger partial charge in [-0.15, -0.1) is 0 Å². The molecule has 5 heteroatoms. The summed E-state index contributed by atoms with van der Waals surface area (Å²) < 4.78 is 0. The normalized spacial score (nSPS) is 10.8. The minimum absolute atomic E-state index is 0.0478. The van der Waals surface area contributed by atoms with E-state index in [1.165, 1.54) is 0 Å². The van der Waals surface area contributed by atoms with Crippen LogP contribution in [-0.4, -0.2) is 32.8 Å². The van der Waals surface area contributed by atoms with Gasteiger partial charge in [0.1, 0.15) is 5.82 Å². The zero-order chi connectivity index (χ0) is 17.9. The van der Waals surface area contributed by atoms with E-state index < -0.39 is 0 Å². The number of carbonyl (C=O) groups excluding carboxylic acids is 1. The summed E-state index contributed by atoms with van der Waals surface area (Å²) >= 11 is 0. The highest BCUT2D eigenvalue weighted by Crippen LogP contribution is 2.18. The van der Waals surface area contributed by atoms with Gasteiger partial charge in [0.2, 0.25) is 0 Å². The summed E-state index contributed by atoms with van der Waals surface area (Å²) in [5, 5.41) is 0.955. The number of H-pyrrole nitrogens is 1. The average Bonchev–Trinajstić information content (AvgIpc) is 3.16. The summed E-state index contributed by atoms with van der Waals surface area (Å²) in [6, 6.07) is 19.4. The molecule has 0 fully saturated rings. The molecule has 4 aromatic rings. The Labute approximate surface area is 151 Å². The lowest BCUT2D eigenvalue weighted by molar-refractivity contribution is 0.0782. The second-order valence-corrected chi connectivity index (χ2v) is 6.18. The van der Waals surface area contributed by atoms with E-state index in [-0.39, 0.29) is 5.91 Å². The molecule has 0 spiro atoms. The van der Waals surface area contributed by atoms with Crippen LogP contribution >= 0.6 is 0 Å². The minimum atomic E-state index is -0.0478. The lowest BCUT2D eigenvalue weighted by atomic mass is 10.1. The third-order valence-electron chi connectivity index (χ3n) is 4.30. The highest BCUT2D eigenvalue weighted by atomic mass is 16.2. The van der Waals surface area contributed by atoms with Crippen LogP contribution in [0.25, 0.3) is 22.2 Å². The van der Waals surface area contributed by atoms with Crippen molar-refractivity contribution in [3.63, 3.8) is 0 Å². The maximum atomic E-state index is 12.7. The van der Waals surface area contributed by atoms with Crippen LogP contribution in [0.5, 0.6) is 0 Å². The largest absolute Gasteiger partial charge is 0.341 e. The number of benzene rings is 2. The van der Waals surface area contributed by atoms with Crippen LogP contribution in [0.15, 0.2) is 73.1 Å². The molecular formula is C21H18N4O. The number of aromatic amines is 1. The lowest BCUT2D eigenvalue weighted by Crippen LogP contribution is -2.26. The molecule has 2 aromatic carbocycles.